The maximum atomic E-state index is 10.8. The Labute approximate surface area is 95.5 Å². The minimum Gasteiger partial charge on any atom is -0.478 e. The number of carboxylic acid groups (broad SMARTS) is 1. The van der Waals surface area contributed by atoms with Crippen LogP contribution in [0.5, 0.6) is 0 Å². The molecule has 1 aliphatic rings. The Balaban J connectivity index is 2.07. The molecular formula is C13H17NO2. The monoisotopic (exact) mass is 219 g/mol. The van der Waals surface area contributed by atoms with Crippen molar-refractivity contribution >= 4 is 11.7 Å². The van der Waals surface area contributed by atoms with E-state index < -0.39 is 5.97 Å². The molecule has 0 heterocycles. The zero-order valence-corrected chi connectivity index (χ0v) is 9.66. The van der Waals surface area contributed by atoms with Gasteiger partial charge in [0.25, 0.3) is 0 Å². The molecule has 1 aromatic rings. The highest BCUT2D eigenvalue weighted by Crippen LogP contribution is 2.30. The summed E-state index contributed by atoms with van der Waals surface area (Å²) in [5.41, 5.74) is 2.41. The average Bonchev–Trinajstić information content (AvgIpc) is 2.18. The average molecular weight is 219 g/mol. The van der Waals surface area contributed by atoms with Crippen molar-refractivity contribution in [2.24, 2.45) is 5.92 Å². The Hall–Kier alpha value is -1.51. The molecule has 0 spiro atoms. The molecule has 2 N–H and O–H groups in total. The third-order valence-electron chi connectivity index (χ3n) is 3.21. The van der Waals surface area contributed by atoms with Crippen molar-refractivity contribution in [3.8, 4) is 0 Å². The summed E-state index contributed by atoms with van der Waals surface area (Å²) in [4.78, 5) is 10.8. The summed E-state index contributed by atoms with van der Waals surface area (Å²) in [6, 6.07) is 5.79. The minimum absolute atomic E-state index is 0.352. The first-order valence-electron chi connectivity index (χ1n) is 5.66. The van der Waals surface area contributed by atoms with E-state index in [9.17, 15) is 4.79 Å². The van der Waals surface area contributed by atoms with Crippen LogP contribution in [-0.4, -0.2) is 17.1 Å². The first-order valence-corrected chi connectivity index (χ1v) is 5.66. The highest BCUT2D eigenvalue weighted by molar-refractivity contribution is 5.88. The van der Waals surface area contributed by atoms with Gasteiger partial charge in [0, 0.05) is 11.7 Å². The number of carbonyl (C=O) groups is 1. The molecule has 3 nitrogen and oxygen atoms in total. The molecular weight excluding hydrogens is 202 g/mol. The fourth-order valence-corrected chi connectivity index (χ4v) is 2.20. The van der Waals surface area contributed by atoms with Crippen molar-refractivity contribution in [3.63, 3.8) is 0 Å². The van der Waals surface area contributed by atoms with E-state index in [0.717, 1.165) is 17.2 Å². The van der Waals surface area contributed by atoms with Gasteiger partial charge in [-0.15, -0.1) is 0 Å². The molecule has 2 rings (SSSR count). The van der Waals surface area contributed by atoms with Crippen molar-refractivity contribution in [2.45, 2.75) is 32.7 Å². The summed E-state index contributed by atoms with van der Waals surface area (Å²) in [6.07, 6.45) is 2.42. The van der Waals surface area contributed by atoms with E-state index in [0.29, 0.717) is 11.6 Å². The molecule has 16 heavy (non-hydrogen) atoms. The van der Waals surface area contributed by atoms with Gasteiger partial charge in [0.1, 0.15) is 0 Å². The Morgan fingerprint density at radius 2 is 2.12 bits per heavy atom. The van der Waals surface area contributed by atoms with Gasteiger partial charge in [-0.05, 0) is 49.4 Å². The van der Waals surface area contributed by atoms with Crippen molar-refractivity contribution in [1.82, 2.24) is 0 Å². The summed E-state index contributed by atoms with van der Waals surface area (Å²) in [5.74, 6) is -0.0528. The molecule has 0 amide bonds. The molecule has 0 saturated heterocycles. The van der Waals surface area contributed by atoms with Crippen LogP contribution in [0.1, 0.15) is 35.7 Å². The van der Waals surface area contributed by atoms with Gasteiger partial charge < -0.3 is 10.4 Å². The van der Waals surface area contributed by atoms with E-state index in [2.05, 4.69) is 12.2 Å². The lowest BCUT2D eigenvalue weighted by molar-refractivity contribution is 0.0697. The quantitative estimate of drug-likeness (QED) is 0.821. The van der Waals surface area contributed by atoms with Gasteiger partial charge in [0.15, 0.2) is 0 Å². The maximum absolute atomic E-state index is 10.8. The fourth-order valence-electron chi connectivity index (χ4n) is 2.20. The molecule has 3 heteroatoms. The van der Waals surface area contributed by atoms with Crippen LogP contribution in [0.2, 0.25) is 0 Å². The molecule has 0 unspecified atom stereocenters. The van der Waals surface area contributed by atoms with Gasteiger partial charge in [0.05, 0.1) is 5.56 Å². The van der Waals surface area contributed by atoms with E-state index in [-0.39, 0.29) is 0 Å². The van der Waals surface area contributed by atoms with Crippen molar-refractivity contribution in [2.75, 3.05) is 5.32 Å². The third-order valence-corrected chi connectivity index (χ3v) is 3.21. The van der Waals surface area contributed by atoms with Crippen LogP contribution in [0.15, 0.2) is 18.2 Å². The predicted octanol–water partition coefficient (Wildman–Crippen LogP) is 2.90. The Morgan fingerprint density at radius 1 is 1.44 bits per heavy atom. The SMILES string of the molecule is Cc1cc(C(=O)O)ccc1NC1CC(C)C1. The number of carboxylic acids is 1. The van der Waals surface area contributed by atoms with Crippen molar-refractivity contribution < 1.29 is 9.90 Å². The summed E-state index contributed by atoms with van der Waals surface area (Å²) < 4.78 is 0. The highest BCUT2D eigenvalue weighted by atomic mass is 16.4. The minimum atomic E-state index is -0.869. The van der Waals surface area contributed by atoms with Crippen LogP contribution in [0, 0.1) is 12.8 Å². The second-order valence-corrected chi connectivity index (χ2v) is 4.75. The Morgan fingerprint density at radius 3 is 2.62 bits per heavy atom. The number of nitrogens with one attached hydrogen (secondary N) is 1. The van der Waals surface area contributed by atoms with Crippen LogP contribution in [0.4, 0.5) is 5.69 Å². The largest absolute Gasteiger partial charge is 0.478 e. The van der Waals surface area contributed by atoms with E-state index >= 15 is 0 Å². The molecule has 1 fully saturated rings. The molecule has 1 aliphatic carbocycles. The number of rotatable bonds is 3. The highest BCUT2D eigenvalue weighted by Gasteiger charge is 2.25. The molecule has 0 aliphatic heterocycles. The lowest BCUT2D eigenvalue weighted by Gasteiger charge is -2.34. The number of aromatic carboxylic acids is 1. The van der Waals surface area contributed by atoms with Crippen LogP contribution in [0.25, 0.3) is 0 Å². The van der Waals surface area contributed by atoms with Gasteiger partial charge in [-0.25, -0.2) is 4.79 Å². The molecule has 0 aromatic heterocycles. The second kappa shape index (κ2) is 4.16. The summed E-state index contributed by atoms with van der Waals surface area (Å²) >= 11 is 0. The first kappa shape index (κ1) is 11.0. The van der Waals surface area contributed by atoms with Crippen LogP contribution in [-0.2, 0) is 0 Å². The second-order valence-electron chi connectivity index (χ2n) is 4.75. The normalized spacial score (nSPS) is 23.6. The fraction of sp³-hybridized carbons (Fsp3) is 0.462. The van der Waals surface area contributed by atoms with Crippen LogP contribution in [0.3, 0.4) is 0 Å². The zero-order valence-electron chi connectivity index (χ0n) is 9.66. The lowest BCUT2D eigenvalue weighted by Crippen LogP contribution is -2.33. The molecule has 86 valence electrons. The molecule has 1 aromatic carbocycles. The molecule has 0 radical (unpaired) electrons. The topological polar surface area (TPSA) is 49.3 Å². The van der Waals surface area contributed by atoms with Gasteiger partial charge >= 0.3 is 5.97 Å². The zero-order chi connectivity index (χ0) is 11.7. The van der Waals surface area contributed by atoms with Gasteiger partial charge in [-0.3, -0.25) is 0 Å². The standard InChI is InChI=1S/C13H17NO2/c1-8-5-11(6-8)14-12-4-3-10(13(15)16)7-9(12)2/h3-4,7-8,11,14H,5-6H2,1-2H3,(H,15,16). The maximum Gasteiger partial charge on any atom is 0.335 e. The van der Waals surface area contributed by atoms with Gasteiger partial charge in [-0.1, -0.05) is 6.92 Å². The van der Waals surface area contributed by atoms with E-state index in [4.69, 9.17) is 5.11 Å². The van der Waals surface area contributed by atoms with Crippen molar-refractivity contribution in [3.05, 3.63) is 29.3 Å². The molecule has 0 atom stereocenters. The van der Waals surface area contributed by atoms with Gasteiger partial charge in [-0.2, -0.15) is 0 Å². The van der Waals surface area contributed by atoms with E-state index in [1.54, 1.807) is 12.1 Å². The Kier molecular flexibility index (Phi) is 2.86. The number of hydrogen-bond donors (Lipinski definition) is 2. The summed E-state index contributed by atoms with van der Waals surface area (Å²) in [7, 11) is 0. The number of hydrogen-bond acceptors (Lipinski definition) is 2. The number of benzene rings is 1. The van der Waals surface area contributed by atoms with Crippen molar-refractivity contribution in [1.29, 1.82) is 0 Å². The number of aryl methyl sites for hydroxylation is 1. The lowest BCUT2D eigenvalue weighted by atomic mass is 9.81. The number of anilines is 1. The van der Waals surface area contributed by atoms with E-state index in [1.807, 2.05) is 13.0 Å². The molecule has 1 saturated carbocycles. The van der Waals surface area contributed by atoms with E-state index in [1.165, 1.54) is 12.8 Å². The van der Waals surface area contributed by atoms with Crippen LogP contribution < -0.4 is 5.32 Å². The van der Waals surface area contributed by atoms with Gasteiger partial charge in [0.2, 0.25) is 0 Å². The first-order chi connectivity index (χ1) is 7.56. The summed E-state index contributed by atoms with van der Waals surface area (Å²) in [5, 5.41) is 12.3. The molecule has 0 bridgehead atoms. The van der Waals surface area contributed by atoms with Crippen LogP contribution >= 0.6 is 0 Å². The Bertz CT molecular complexity index is 408. The predicted molar refractivity (Wildman–Crippen MR) is 63.9 cm³/mol. The smallest absolute Gasteiger partial charge is 0.335 e. The summed E-state index contributed by atoms with van der Waals surface area (Å²) in [6.45, 7) is 4.19. The third kappa shape index (κ3) is 2.18.